The number of fused-ring (bicyclic) bond motifs is 1. The number of aryl methyl sites for hydroxylation is 3. The standard InChI is InChI=1S/C32H48N4O2/c1-6-27-29(36-15-8-7-12-28(36)33-27)23-13-16-34(17-14-23)19-25-20-35(30(31(37)38)32(3,4)5)21-26(25)24-11-9-10-22(2)18-24/h9-11,18,23,25-26,30H,6-8,12-17,19-21H2,1-5H3,(H,37,38). The molecular formula is C32H48N4O2. The first kappa shape index (κ1) is 27.4. The van der Waals surface area contributed by atoms with Crippen molar-refractivity contribution in [2.24, 2.45) is 11.3 Å². The van der Waals surface area contributed by atoms with Crippen LogP contribution in [0.3, 0.4) is 0 Å². The van der Waals surface area contributed by atoms with Gasteiger partial charge in [0.05, 0.1) is 5.69 Å². The van der Waals surface area contributed by atoms with Crippen LogP contribution in [0.15, 0.2) is 24.3 Å². The van der Waals surface area contributed by atoms with Gasteiger partial charge >= 0.3 is 5.97 Å². The Bertz CT molecular complexity index is 1120. The van der Waals surface area contributed by atoms with E-state index < -0.39 is 12.0 Å². The highest BCUT2D eigenvalue weighted by Gasteiger charge is 2.44. The van der Waals surface area contributed by atoms with Crippen LogP contribution < -0.4 is 0 Å². The second-order valence-corrected chi connectivity index (χ2v) is 13.2. The zero-order valence-electron chi connectivity index (χ0n) is 24.2. The first-order valence-corrected chi connectivity index (χ1v) is 15.0. The first-order chi connectivity index (χ1) is 18.2. The van der Waals surface area contributed by atoms with E-state index in [0.29, 0.717) is 17.8 Å². The topological polar surface area (TPSA) is 61.6 Å². The van der Waals surface area contributed by atoms with E-state index in [1.165, 1.54) is 48.3 Å². The fraction of sp³-hybridized carbons (Fsp3) is 0.688. The average Bonchev–Trinajstić information content (AvgIpc) is 3.44. The van der Waals surface area contributed by atoms with Crippen molar-refractivity contribution in [1.29, 1.82) is 0 Å². The SMILES string of the molecule is CCc1nc2n(c1C1CCN(CC3CN(C(C(=O)O)C(C)(C)C)CC3c3cccc(C)c3)CC1)CCCC2. The summed E-state index contributed by atoms with van der Waals surface area (Å²) in [6.45, 7) is 16.7. The van der Waals surface area contributed by atoms with Crippen molar-refractivity contribution in [2.75, 3.05) is 32.7 Å². The number of aromatic nitrogens is 2. The minimum Gasteiger partial charge on any atom is -0.480 e. The van der Waals surface area contributed by atoms with Crippen LogP contribution >= 0.6 is 0 Å². The minimum atomic E-state index is -0.696. The van der Waals surface area contributed by atoms with Crippen molar-refractivity contribution in [3.05, 3.63) is 52.6 Å². The van der Waals surface area contributed by atoms with Gasteiger partial charge < -0.3 is 14.6 Å². The summed E-state index contributed by atoms with van der Waals surface area (Å²) >= 11 is 0. The van der Waals surface area contributed by atoms with Crippen LogP contribution in [-0.2, 0) is 24.2 Å². The number of rotatable bonds is 7. The van der Waals surface area contributed by atoms with Crippen LogP contribution in [0.2, 0.25) is 0 Å². The molecule has 3 atom stereocenters. The predicted molar refractivity (Wildman–Crippen MR) is 153 cm³/mol. The molecule has 3 unspecified atom stereocenters. The van der Waals surface area contributed by atoms with E-state index in [0.717, 1.165) is 52.1 Å². The average molecular weight is 521 g/mol. The Morgan fingerprint density at radius 3 is 2.55 bits per heavy atom. The molecule has 0 spiro atoms. The van der Waals surface area contributed by atoms with E-state index in [4.69, 9.17) is 4.98 Å². The summed E-state index contributed by atoms with van der Waals surface area (Å²) in [7, 11) is 0. The third-order valence-electron chi connectivity index (χ3n) is 9.35. The van der Waals surface area contributed by atoms with E-state index in [-0.39, 0.29) is 5.41 Å². The Kier molecular flexibility index (Phi) is 8.02. The molecule has 6 nitrogen and oxygen atoms in total. The number of aliphatic carboxylic acids is 1. The molecule has 2 saturated heterocycles. The second-order valence-electron chi connectivity index (χ2n) is 13.2. The molecule has 38 heavy (non-hydrogen) atoms. The number of piperidine rings is 1. The Hall–Kier alpha value is -2.18. The van der Waals surface area contributed by atoms with Crippen LogP contribution in [0.25, 0.3) is 0 Å². The molecule has 2 fully saturated rings. The number of hydrogen-bond donors (Lipinski definition) is 1. The molecule has 1 aromatic carbocycles. The molecule has 3 aliphatic rings. The maximum Gasteiger partial charge on any atom is 0.321 e. The summed E-state index contributed by atoms with van der Waals surface area (Å²) in [6, 6.07) is 8.42. The van der Waals surface area contributed by atoms with Crippen LogP contribution in [0.4, 0.5) is 0 Å². The summed E-state index contributed by atoms with van der Waals surface area (Å²) in [5.74, 6) is 2.05. The van der Waals surface area contributed by atoms with E-state index in [1.807, 2.05) is 0 Å². The zero-order chi connectivity index (χ0) is 27.0. The van der Waals surface area contributed by atoms with Gasteiger partial charge in [0.2, 0.25) is 0 Å². The molecule has 0 saturated carbocycles. The fourth-order valence-corrected chi connectivity index (χ4v) is 7.65. The first-order valence-electron chi connectivity index (χ1n) is 15.0. The summed E-state index contributed by atoms with van der Waals surface area (Å²) in [6.07, 6.45) is 7.12. The lowest BCUT2D eigenvalue weighted by Crippen LogP contribution is -2.48. The molecule has 1 N–H and O–H groups in total. The molecule has 0 amide bonds. The maximum absolute atomic E-state index is 12.4. The third-order valence-corrected chi connectivity index (χ3v) is 9.35. The van der Waals surface area contributed by atoms with Crippen LogP contribution in [-0.4, -0.2) is 69.2 Å². The molecular weight excluding hydrogens is 472 g/mol. The number of hydrogen-bond acceptors (Lipinski definition) is 4. The lowest BCUT2D eigenvalue weighted by atomic mass is 9.85. The summed E-state index contributed by atoms with van der Waals surface area (Å²) in [4.78, 5) is 22.4. The monoisotopic (exact) mass is 520 g/mol. The quantitative estimate of drug-likeness (QED) is 0.524. The minimum absolute atomic E-state index is 0.308. The maximum atomic E-state index is 12.4. The highest BCUT2D eigenvalue weighted by atomic mass is 16.4. The molecule has 5 rings (SSSR count). The normalized spacial score (nSPS) is 24.4. The Labute approximate surface area is 229 Å². The van der Waals surface area contributed by atoms with Gasteiger partial charge in [0, 0.05) is 50.1 Å². The van der Waals surface area contributed by atoms with Crippen molar-refractivity contribution < 1.29 is 9.90 Å². The molecule has 1 aromatic heterocycles. The van der Waals surface area contributed by atoms with E-state index in [2.05, 4.69) is 73.3 Å². The van der Waals surface area contributed by atoms with E-state index in [1.54, 1.807) is 5.69 Å². The van der Waals surface area contributed by atoms with Crippen molar-refractivity contribution in [3.63, 3.8) is 0 Å². The highest BCUT2D eigenvalue weighted by molar-refractivity contribution is 5.74. The van der Waals surface area contributed by atoms with Crippen molar-refractivity contribution >= 4 is 5.97 Å². The lowest BCUT2D eigenvalue weighted by Gasteiger charge is -2.36. The summed E-state index contributed by atoms with van der Waals surface area (Å²) in [5.41, 5.74) is 5.22. The van der Waals surface area contributed by atoms with E-state index >= 15 is 0 Å². The zero-order valence-corrected chi connectivity index (χ0v) is 24.2. The number of likely N-dealkylation sites (tertiary alicyclic amines) is 2. The van der Waals surface area contributed by atoms with Gasteiger partial charge in [0.1, 0.15) is 11.9 Å². The van der Waals surface area contributed by atoms with Crippen LogP contribution in [0.5, 0.6) is 0 Å². The Balaban J connectivity index is 1.31. The summed E-state index contributed by atoms with van der Waals surface area (Å²) in [5, 5.41) is 10.2. The van der Waals surface area contributed by atoms with Gasteiger partial charge in [-0.2, -0.15) is 0 Å². The smallest absolute Gasteiger partial charge is 0.321 e. The molecule has 0 radical (unpaired) electrons. The fourth-order valence-electron chi connectivity index (χ4n) is 7.65. The van der Waals surface area contributed by atoms with Crippen molar-refractivity contribution in [3.8, 4) is 0 Å². The molecule has 208 valence electrons. The number of carboxylic acids is 1. The molecule has 4 heterocycles. The number of benzene rings is 1. The molecule has 0 aliphatic carbocycles. The molecule has 0 bridgehead atoms. The lowest BCUT2D eigenvalue weighted by molar-refractivity contribution is -0.147. The predicted octanol–water partition coefficient (Wildman–Crippen LogP) is 5.48. The van der Waals surface area contributed by atoms with Gasteiger partial charge in [-0.25, -0.2) is 4.98 Å². The van der Waals surface area contributed by atoms with Crippen LogP contribution in [0.1, 0.15) is 93.6 Å². The second kappa shape index (κ2) is 11.1. The van der Waals surface area contributed by atoms with Gasteiger partial charge in [-0.1, -0.05) is 57.5 Å². The number of carboxylic acid groups (broad SMARTS) is 1. The van der Waals surface area contributed by atoms with Gasteiger partial charge in [-0.3, -0.25) is 9.69 Å². The Morgan fingerprint density at radius 1 is 1.13 bits per heavy atom. The third kappa shape index (κ3) is 5.58. The molecule has 6 heteroatoms. The number of imidazole rings is 1. The van der Waals surface area contributed by atoms with Crippen molar-refractivity contribution in [2.45, 2.75) is 97.6 Å². The van der Waals surface area contributed by atoms with Gasteiger partial charge in [-0.15, -0.1) is 0 Å². The van der Waals surface area contributed by atoms with Gasteiger partial charge in [0.25, 0.3) is 0 Å². The highest BCUT2D eigenvalue weighted by Crippen LogP contribution is 2.39. The van der Waals surface area contributed by atoms with Crippen molar-refractivity contribution in [1.82, 2.24) is 19.4 Å². The number of nitrogens with zero attached hydrogens (tertiary/aromatic N) is 4. The summed E-state index contributed by atoms with van der Waals surface area (Å²) < 4.78 is 2.57. The molecule has 3 aliphatic heterocycles. The van der Waals surface area contributed by atoms with Gasteiger partial charge in [-0.05, 0) is 69.0 Å². The van der Waals surface area contributed by atoms with E-state index in [9.17, 15) is 9.90 Å². The largest absolute Gasteiger partial charge is 0.480 e. The molecule has 2 aromatic rings. The number of carbonyl (C=O) groups is 1. The van der Waals surface area contributed by atoms with Gasteiger partial charge in [0.15, 0.2) is 0 Å². The Morgan fingerprint density at radius 2 is 1.89 bits per heavy atom. The van der Waals surface area contributed by atoms with Crippen LogP contribution in [0, 0.1) is 18.3 Å².